The highest BCUT2D eigenvalue weighted by Gasteiger charge is 2.31. The number of alkyl carbamates (subject to hydrolysis) is 1. The van der Waals surface area contributed by atoms with Crippen molar-refractivity contribution in [1.29, 1.82) is 0 Å². The summed E-state index contributed by atoms with van der Waals surface area (Å²) < 4.78 is 11.5. The lowest BCUT2D eigenvalue weighted by Crippen LogP contribution is -2.53. The fraction of sp³-hybridized carbons (Fsp3) is 0.382. The van der Waals surface area contributed by atoms with Crippen molar-refractivity contribution in [3.63, 3.8) is 0 Å². The molecule has 0 aromatic heterocycles. The van der Waals surface area contributed by atoms with Gasteiger partial charge in [-0.25, -0.2) is 9.59 Å². The average Bonchev–Trinajstić information content (AvgIpc) is 3.24. The summed E-state index contributed by atoms with van der Waals surface area (Å²) in [6, 6.07) is 25.0. The van der Waals surface area contributed by atoms with Crippen LogP contribution < -0.4 is 10.6 Å². The summed E-state index contributed by atoms with van der Waals surface area (Å²) in [6.07, 6.45) is 0.441. The molecule has 0 fully saturated rings. The molecule has 0 radical (unpaired) electrons. The second-order valence-electron chi connectivity index (χ2n) is 11.9. The number of esters is 1. The van der Waals surface area contributed by atoms with Crippen molar-refractivity contribution >= 4 is 29.3 Å². The smallest absolute Gasteiger partial charge is 0.407 e. The van der Waals surface area contributed by atoms with E-state index in [0.29, 0.717) is 17.8 Å². The zero-order valence-corrected chi connectivity index (χ0v) is 25.3. The number of rotatable bonds is 10. The van der Waals surface area contributed by atoms with E-state index in [0.717, 1.165) is 16.7 Å². The van der Waals surface area contributed by atoms with Crippen LogP contribution in [-0.2, 0) is 20.7 Å². The number of benzene rings is 3. The van der Waals surface area contributed by atoms with Crippen molar-refractivity contribution < 1.29 is 19.1 Å². The molecule has 3 aromatic rings. The first kappa shape index (κ1) is 30.3. The van der Waals surface area contributed by atoms with Gasteiger partial charge in [0.2, 0.25) is 0 Å². The van der Waals surface area contributed by atoms with Gasteiger partial charge in [0.15, 0.2) is 0 Å². The summed E-state index contributed by atoms with van der Waals surface area (Å²) in [4.78, 5) is 26.6. The number of nitrogens with one attached hydrogen (secondary N) is 2. The minimum absolute atomic E-state index is 0.0378. The molecule has 216 valence electrons. The van der Waals surface area contributed by atoms with Gasteiger partial charge in [0, 0.05) is 12.3 Å². The van der Waals surface area contributed by atoms with Crippen molar-refractivity contribution in [3.8, 4) is 11.1 Å². The molecule has 0 saturated heterocycles. The third-order valence-corrected chi connectivity index (χ3v) is 7.35. The number of amides is 1. The molecule has 6 nitrogen and oxygen atoms in total. The van der Waals surface area contributed by atoms with Gasteiger partial charge in [-0.2, -0.15) is 0 Å². The Balaban J connectivity index is 1.44. The number of carbonyl (C=O) groups excluding carboxylic acids is 2. The SMILES string of the molecule is CC(C)C[C@H](NC(=O)OCC1c2ccccc2-c2ccccc21)C(=S)N[C@@H](Cc1ccccc1)C(=O)OC(C)(C)C. The zero-order valence-electron chi connectivity index (χ0n) is 24.5. The molecule has 1 amide bonds. The number of carbonyl (C=O) groups is 2. The van der Waals surface area contributed by atoms with Gasteiger partial charge in [0.1, 0.15) is 18.2 Å². The number of fused-ring (bicyclic) bond motifs is 3. The maximum Gasteiger partial charge on any atom is 0.407 e. The van der Waals surface area contributed by atoms with E-state index in [-0.39, 0.29) is 18.4 Å². The Bertz CT molecular complexity index is 1320. The fourth-order valence-electron chi connectivity index (χ4n) is 5.17. The molecule has 3 aromatic carbocycles. The minimum Gasteiger partial charge on any atom is -0.458 e. The van der Waals surface area contributed by atoms with E-state index in [1.165, 1.54) is 11.1 Å². The lowest BCUT2D eigenvalue weighted by molar-refractivity contribution is -0.157. The summed E-state index contributed by atoms with van der Waals surface area (Å²) >= 11 is 5.77. The van der Waals surface area contributed by atoms with Crippen LogP contribution in [0.3, 0.4) is 0 Å². The van der Waals surface area contributed by atoms with E-state index >= 15 is 0 Å². The van der Waals surface area contributed by atoms with Crippen molar-refractivity contribution in [2.75, 3.05) is 6.61 Å². The van der Waals surface area contributed by atoms with Crippen LogP contribution >= 0.6 is 12.2 Å². The van der Waals surface area contributed by atoms with Gasteiger partial charge in [0.05, 0.1) is 11.0 Å². The third-order valence-electron chi connectivity index (χ3n) is 6.95. The van der Waals surface area contributed by atoms with E-state index < -0.39 is 29.7 Å². The first-order valence-corrected chi connectivity index (χ1v) is 14.6. The van der Waals surface area contributed by atoms with Gasteiger partial charge >= 0.3 is 12.1 Å². The maximum absolute atomic E-state index is 13.2. The molecule has 0 aliphatic heterocycles. The predicted octanol–water partition coefficient (Wildman–Crippen LogP) is 6.81. The molecular weight excluding hydrogens is 532 g/mol. The van der Waals surface area contributed by atoms with Gasteiger partial charge in [-0.3, -0.25) is 0 Å². The van der Waals surface area contributed by atoms with Crippen molar-refractivity contribution in [2.24, 2.45) is 5.92 Å². The Morgan fingerprint density at radius 3 is 1.95 bits per heavy atom. The second-order valence-corrected chi connectivity index (χ2v) is 12.4. The van der Waals surface area contributed by atoms with Crippen molar-refractivity contribution in [2.45, 2.75) is 71.1 Å². The first-order valence-electron chi connectivity index (χ1n) is 14.2. The maximum atomic E-state index is 13.2. The molecule has 4 rings (SSSR count). The van der Waals surface area contributed by atoms with E-state index in [2.05, 4.69) is 48.7 Å². The lowest BCUT2D eigenvalue weighted by Gasteiger charge is -2.28. The molecular formula is C34H40N2O4S. The number of hydrogen-bond donors (Lipinski definition) is 2. The zero-order chi connectivity index (χ0) is 29.6. The molecule has 41 heavy (non-hydrogen) atoms. The van der Waals surface area contributed by atoms with E-state index in [1.54, 1.807) is 0 Å². The van der Waals surface area contributed by atoms with Crippen LogP contribution in [0.25, 0.3) is 11.1 Å². The topological polar surface area (TPSA) is 76.7 Å². The quantitative estimate of drug-likeness (QED) is 0.205. The summed E-state index contributed by atoms with van der Waals surface area (Å²) in [6.45, 7) is 9.84. The minimum atomic E-state index is -0.705. The summed E-state index contributed by atoms with van der Waals surface area (Å²) in [5, 5.41) is 6.17. The summed E-state index contributed by atoms with van der Waals surface area (Å²) in [7, 11) is 0. The summed E-state index contributed by atoms with van der Waals surface area (Å²) in [5.41, 5.74) is 4.98. The van der Waals surface area contributed by atoms with Crippen LogP contribution in [0.5, 0.6) is 0 Å². The fourth-order valence-corrected chi connectivity index (χ4v) is 5.47. The normalized spacial score (nSPS) is 14.0. The lowest BCUT2D eigenvalue weighted by atomic mass is 9.98. The van der Waals surface area contributed by atoms with E-state index in [4.69, 9.17) is 21.7 Å². The van der Waals surface area contributed by atoms with Crippen LogP contribution in [0.15, 0.2) is 78.9 Å². The largest absolute Gasteiger partial charge is 0.458 e. The van der Waals surface area contributed by atoms with E-state index in [9.17, 15) is 9.59 Å². The molecule has 0 spiro atoms. The van der Waals surface area contributed by atoms with Gasteiger partial charge in [-0.05, 0) is 60.9 Å². The molecule has 1 aliphatic rings. The van der Waals surface area contributed by atoms with Crippen molar-refractivity contribution in [1.82, 2.24) is 10.6 Å². The Morgan fingerprint density at radius 1 is 0.829 bits per heavy atom. The Labute approximate surface area is 248 Å². The molecule has 0 unspecified atom stereocenters. The molecule has 1 aliphatic carbocycles. The van der Waals surface area contributed by atoms with Crippen LogP contribution in [0.4, 0.5) is 4.79 Å². The molecule has 7 heteroatoms. The van der Waals surface area contributed by atoms with Gasteiger partial charge in [-0.15, -0.1) is 0 Å². The monoisotopic (exact) mass is 572 g/mol. The van der Waals surface area contributed by atoms with Crippen molar-refractivity contribution in [3.05, 3.63) is 95.6 Å². The molecule has 0 heterocycles. The molecule has 0 bridgehead atoms. The van der Waals surface area contributed by atoms with Gasteiger partial charge < -0.3 is 20.1 Å². The second kappa shape index (κ2) is 13.3. The highest BCUT2D eigenvalue weighted by Crippen LogP contribution is 2.44. The number of ether oxygens (including phenoxy) is 2. The van der Waals surface area contributed by atoms with E-state index in [1.807, 2.05) is 75.4 Å². The molecule has 2 N–H and O–H groups in total. The number of hydrogen-bond acceptors (Lipinski definition) is 5. The molecule has 0 saturated carbocycles. The van der Waals surface area contributed by atoms with Crippen LogP contribution in [0, 0.1) is 5.92 Å². The van der Waals surface area contributed by atoms with Crippen LogP contribution in [0.1, 0.15) is 63.6 Å². The van der Waals surface area contributed by atoms with Gasteiger partial charge in [-0.1, -0.05) is 105 Å². The Kier molecular flexibility index (Phi) is 9.81. The standard InChI is InChI=1S/C34H40N2O4S/c1-22(2)19-29(31(41)35-30(32(37)40-34(3,4)5)20-23-13-7-6-8-14-23)36-33(38)39-21-28-26-17-11-9-15-24(26)25-16-10-12-18-27(25)28/h6-18,22,28-30H,19-21H2,1-5H3,(H,35,41)(H,36,38)/t29-,30-/m0/s1. The molecule has 2 atom stereocenters. The third kappa shape index (κ3) is 8.17. The van der Waals surface area contributed by atoms with Gasteiger partial charge in [0.25, 0.3) is 0 Å². The Morgan fingerprint density at radius 2 is 1.39 bits per heavy atom. The average molecular weight is 573 g/mol. The summed E-state index contributed by atoms with van der Waals surface area (Å²) in [5.74, 6) is -0.194. The number of thiocarbonyl (C=S) groups is 1. The first-order chi connectivity index (χ1) is 19.5. The highest BCUT2D eigenvalue weighted by molar-refractivity contribution is 7.80. The Hall–Kier alpha value is -3.71. The predicted molar refractivity (Wildman–Crippen MR) is 167 cm³/mol. The van der Waals surface area contributed by atoms with Crippen LogP contribution in [0.2, 0.25) is 0 Å². The highest BCUT2D eigenvalue weighted by atomic mass is 32.1. The van der Waals surface area contributed by atoms with Crippen LogP contribution in [-0.4, -0.2) is 41.3 Å².